The molecule has 0 aliphatic carbocycles. The van der Waals surface area contributed by atoms with Crippen LogP contribution < -0.4 is 19.4 Å². The van der Waals surface area contributed by atoms with Crippen LogP contribution in [0.1, 0.15) is 5.56 Å². The summed E-state index contributed by atoms with van der Waals surface area (Å²) in [7, 11) is 5.81. The molecule has 5 nitrogen and oxygen atoms in total. The zero-order valence-electron chi connectivity index (χ0n) is 18.3. The number of aromatic nitrogens is 1. The Morgan fingerprint density at radius 2 is 1.50 bits per heavy atom. The quantitative estimate of drug-likeness (QED) is 0.629. The molecule has 2 heterocycles. The number of nitrogens with zero attached hydrogens (tertiary/aromatic N) is 4. The van der Waals surface area contributed by atoms with E-state index in [1.165, 1.54) is 16.9 Å². The van der Waals surface area contributed by atoms with E-state index in [0.717, 1.165) is 48.9 Å². The Bertz CT molecular complexity index is 975. The summed E-state index contributed by atoms with van der Waals surface area (Å²) < 4.78 is 5.48. The van der Waals surface area contributed by atoms with Crippen molar-refractivity contribution in [1.29, 1.82) is 0 Å². The number of anilines is 3. The fourth-order valence-corrected chi connectivity index (χ4v) is 3.89. The number of pyridine rings is 1. The summed E-state index contributed by atoms with van der Waals surface area (Å²) in [5.74, 6) is 0.791. The van der Waals surface area contributed by atoms with E-state index < -0.39 is 0 Å². The molecule has 2 aromatic carbocycles. The van der Waals surface area contributed by atoms with Crippen LogP contribution >= 0.6 is 0 Å². The highest BCUT2D eigenvalue weighted by molar-refractivity contribution is 5.77. The molecule has 0 N–H and O–H groups in total. The molecule has 0 spiro atoms. The second kappa shape index (κ2) is 8.66. The zero-order chi connectivity index (χ0) is 21.1. The van der Waals surface area contributed by atoms with Crippen LogP contribution in [-0.4, -0.2) is 52.4 Å². The molecule has 1 aliphatic rings. The van der Waals surface area contributed by atoms with Gasteiger partial charge in [0.2, 0.25) is 0 Å². The maximum absolute atomic E-state index is 5.48. The molecular weight excluding hydrogens is 372 g/mol. The monoisotopic (exact) mass is 402 g/mol. The van der Waals surface area contributed by atoms with Gasteiger partial charge in [0, 0.05) is 63.3 Å². The summed E-state index contributed by atoms with van der Waals surface area (Å²) in [5.41, 5.74) is 7.04. The average molecular weight is 403 g/mol. The number of methoxy groups -OCH3 is 1. The molecular formula is C25H30N4O. The Morgan fingerprint density at radius 1 is 0.867 bits per heavy atom. The second-order valence-corrected chi connectivity index (χ2v) is 7.99. The van der Waals surface area contributed by atoms with Gasteiger partial charge in [-0.25, -0.2) is 0 Å². The molecule has 3 aromatic rings. The van der Waals surface area contributed by atoms with Crippen LogP contribution in [0.2, 0.25) is 0 Å². The summed E-state index contributed by atoms with van der Waals surface area (Å²) in [6.07, 6.45) is 1.81. The molecule has 30 heavy (non-hydrogen) atoms. The topological polar surface area (TPSA) is 31.8 Å². The predicted molar refractivity (Wildman–Crippen MR) is 126 cm³/mol. The standard InChI is InChI=1S/C25H30N4O/c1-19-5-9-22(10-6-19)28-13-15-29(16-14-28)24-17-23(30-4)18-26-25(24)20-7-11-21(12-8-20)27(2)3/h5-12,17-18H,13-16H2,1-4H3. The van der Waals surface area contributed by atoms with E-state index in [0.29, 0.717) is 0 Å². The lowest BCUT2D eigenvalue weighted by molar-refractivity contribution is 0.413. The Balaban J connectivity index is 1.58. The Kier molecular flexibility index (Phi) is 5.79. The minimum atomic E-state index is 0.791. The average Bonchev–Trinajstić information content (AvgIpc) is 2.79. The van der Waals surface area contributed by atoms with Crippen LogP contribution in [0.3, 0.4) is 0 Å². The first-order chi connectivity index (χ1) is 14.5. The molecule has 0 saturated carbocycles. The van der Waals surface area contributed by atoms with Crippen LogP contribution in [0.4, 0.5) is 17.1 Å². The number of aryl methyl sites for hydroxylation is 1. The van der Waals surface area contributed by atoms with E-state index in [4.69, 9.17) is 9.72 Å². The van der Waals surface area contributed by atoms with Crippen molar-refractivity contribution in [2.24, 2.45) is 0 Å². The lowest BCUT2D eigenvalue weighted by Crippen LogP contribution is -2.46. The Labute approximate surface area is 179 Å². The van der Waals surface area contributed by atoms with E-state index >= 15 is 0 Å². The van der Waals surface area contributed by atoms with E-state index in [1.807, 2.05) is 0 Å². The summed E-state index contributed by atoms with van der Waals surface area (Å²) >= 11 is 0. The Morgan fingerprint density at radius 3 is 2.10 bits per heavy atom. The molecule has 0 unspecified atom stereocenters. The molecule has 0 atom stereocenters. The van der Waals surface area contributed by atoms with Gasteiger partial charge in [-0.1, -0.05) is 29.8 Å². The molecule has 0 radical (unpaired) electrons. The molecule has 1 aliphatic heterocycles. The lowest BCUT2D eigenvalue weighted by Gasteiger charge is -2.38. The highest BCUT2D eigenvalue weighted by Gasteiger charge is 2.21. The molecule has 0 amide bonds. The molecule has 4 rings (SSSR count). The number of hydrogen-bond donors (Lipinski definition) is 0. The first-order valence-electron chi connectivity index (χ1n) is 10.4. The highest BCUT2D eigenvalue weighted by Crippen LogP contribution is 2.34. The third-order valence-corrected chi connectivity index (χ3v) is 5.75. The van der Waals surface area contributed by atoms with Crippen LogP contribution in [0.15, 0.2) is 60.8 Å². The maximum atomic E-state index is 5.48. The fourth-order valence-electron chi connectivity index (χ4n) is 3.89. The molecule has 1 aromatic heterocycles. The number of hydrogen-bond acceptors (Lipinski definition) is 5. The number of benzene rings is 2. The molecule has 0 bridgehead atoms. The fraction of sp³-hybridized carbons (Fsp3) is 0.320. The molecule has 1 fully saturated rings. The van der Waals surface area contributed by atoms with Crippen LogP contribution in [0.25, 0.3) is 11.3 Å². The SMILES string of the molecule is COc1cnc(-c2ccc(N(C)C)cc2)c(N2CCN(c3ccc(C)cc3)CC2)c1. The number of piperazine rings is 1. The first-order valence-corrected chi connectivity index (χ1v) is 10.4. The van der Waals surface area contributed by atoms with Crippen molar-refractivity contribution in [2.75, 3.05) is 62.1 Å². The minimum Gasteiger partial charge on any atom is -0.495 e. The van der Waals surface area contributed by atoms with Crippen LogP contribution in [-0.2, 0) is 0 Å². The molecule has 156 valence electrons. The molecule has 5 heteroatoms. The van der Waals surface area contributed by atoms with E-state index in [-0.39, 0.29) is 0 Å². The highest BCUT2D eigenvalue weighted by atomic mass is 16.5. The van der Waals surface area contributed by atoms with Crippen molar-refractivity contribution < 1.29 is 4.74 Å². The largest absolute Gasteiger partial charge is 0.495 e. The first kappa shape index (κ1) is 20.1. The zero-order valence-corrected chi connectivity index (χ0v) is 18.3. The van der Waals surface area contributed by atoms with Crippen molar-refractivity contribution >= 4 is 17.1 Å². The third-order valence-electron chi connectivity index (χ3n) is 5.75. The van der Waals surface area contributed by atoms with Gasteiger partial charge in [0.1, 0.15) is 5.75 Å². The van der Waals surface area contributed by atoms with E-state index in [2.05, 4.69) is 90.3 Å². The predicted octanol–water partition coefficient (Wildman–Crippen LogP) is 4.46. The van der Waals surface area contributed by atoms with Gasteiger partial charge in [-0.2, -0.15) is 0 Å². The summed E-state index contributed by atoms with van der Waals surface area (Å²) in [5, 5.41) is 0. The number of rotatable bonds is 5. The van der Waals surface area contributed by atoms with Gasteiger partial charge in [-0.3, -0.25) is 4.98 Å². The Hall–Kier alpha value is -3.21. The van der Waals surface area contributed by atoms with Gasteiger partial charge in [0.05, 0.1) is 24.7 Å². The summed E-state index contributed by atoms with van der Waals surface area (Å²) in [4.78, 5) is 11.7. The van der Waals surface area contributed by atoms with Gasteiger partial charge < -0.3 is 19.4 Å². The van der Waals surface area contributed by atoms with Crippen molar-refractivity contribution in [2.45, 2.75) is 6.92 Å². The third kappa shape index (κ3) is 4.20. The lowest BCUT2D eigenvalue weighted by atomic mass is 10.1. The minimum absolute atomic E-state index is 0.791. The van der Waals surface area contributed by atoms with Crippen molar-refractivity contribution in [3.05, 3.63) is 66.4 Å². The second-order valence-electron chi connectivity index (χ2n) is 7.99. The van der Waals surface area contributed by atoms with Crippen molar-refractivity contribution in [1.82, 2.24) is 4.98 Å². The van der Waals surface area contributed by atoms with Gasteiger partial charge in [0.25, 0.3) is 0 Å². The maximum Gasteiger partial charge on any atom is 0.139 e. The van der Waals surface area contributed by atoms with Gasteiger partial charge in [-0.15, -0.1) is 0 Å². The van der Waals surface area contributed by atoms with E-state index in [1.54, 1.807) is 13.3 Å². The van der Waals surface area contributed by atoms with Crippen LogP contribution in [0, 0.1) is 6.92 Å². The number of ether oxygens (including phenoxy) is 1. The summed E-state index contributed by atoms with van der Waals surface area (Å²) in [6.45, 7) is 6.00. The molecule has 1 saturated heterocycles. The normalized spacial score (nSPS) is 14.0. The smallest absolute Gasteiger partial charge is 0.139 e. The van der Waals surface area contributed by atoms with E-state index in [9.17, 15) is 0 Å². The van der Waals surface area contributed by atoms with Crippen molar-refractivity contribution in [3.63, 3.8) is 0 Å². The van der Waals surface area contributed by atoms with Gasteiger partial charge in [-0.05, 0) is 31.2 Å². The van der Waals surface area contributed by atoms with Gasteiger partial charge >= 0.3 is 0 Å². The van der Waals surface area contributed by atoms with Gasteiger partial charge in [0.15, 0.2) is 0 Å². The van der Waals surface area contributed by atoms with Crippen molar-refractivity contribution in [3.8, 4) is 17.0 Å². The van der Waals surface area contributed by atoms with Crippen LogP contribution in [0.5, 0.6) is 5.75 Å². The summed E-state index contributed by atoms with van der Waals surface area (Å²) in [6, 6.07) is 19.5.